The zero-order valence-corrected chi connectivity index (χ0v) is 12.7. The molecule has 19 heavy (non-hydrogen) atoms. The molecule has 1 N–H and O–H groups in total. The summed E-state index contributed by atoms with van der Waals surface area (Å²) < 4.78 is 14.2. The van der Waals surface area contributed by atoms with Crippen LogP contribution in [0.25, 0.3) is 0 Å². The third-order valence-electron chi connectivity index (χ3n) is 2.91. The molecule has 2 aromatic rings. The first-order valence-corrected chi connectivity index (χ1v) is 6.99. The van der Waals surface area contributed by atoms with Gasteiger partial charge in [-0.2, -0.15) is 0 Å². The molecular formula is C14H13BrClFN2. The summed E-state index contributed by atoms with van der Waals surface area (Å²) in [6.07, 6.45) is 4.12. The molecule has 0 aliphatic heterocycles. The summed E-state index contributed by atoms with van der Waals surface area (Å²) in [5.41, 5.74) is 1.80. The number of halogens is 3. The van der Waals surface area contributed by atoms with Crippen LogP contribution < -0.4 is 5.32 Å². The van der Waals surface area contributed by atoms with E-state index in [-0.39, 0.29) is 11.9 Å². The van der Waals surface area contributed by atoms with Gasteiger partial charge in [0.05, 0.1) is 0 Å². The molecule has 0 radical (unpaired) electrons. The van der Waals surface area contributed by atoms with Crippen LogP contribution in [0.3, 0.4) is 0 Å². The van der Waals surface area contributed by atoms with Crippen molar-refractivity contribution >= 4 is 27.5 Å². The molecule has 0 aliphatic rings. The van der Waals surface area contributed by atoms with Gasteiger partial charge in [-0.25, -0.2) is 4.39 Å². The highest BCUT2D eigenvalue weighted by atomic mass is 79.9. The summed E-state index contributed by atoms with van der Waals surface area (Å²) in [5, 5.41) is 3.77. The second-order valence-electron chi connectivity index (χ2n) is 4.22. The monoisotopic (exact) mass is 342 g/mol. The zero-order chi connectivity index (χ0) is 13.8. The summed E-state index contributed by atoms with van der Waals surface area (Å²) >= 11 is 9.49. The summed E-state index contributed by atoms with van der Waals surface area (Å²) in [6, 6.07) is 6.43. The van der Waals surface area contributed by atoms with E-state index in [9.17, 15) is 4.39 Å². The van der Waals surface area contributed by atoms with Gasteiger partial charge in [-0.15, -0.1) is 0 Å². The lowest BCUT2D eigenvalue weighted by Gasteiger charge is -2.17. The molecule has 1 atom stereocenters. The Labute approximate surface area is 125 Å². The zero-order valence-electron chi connectivity index (χ0n) is 10.3. The highest BCUT2D eigenvalue weighted by Gasteiger charge is 2.13. The molecule has 0 amide bonds. The van der Waals surface area contributed by atoms with Crippen molar-refractivity contribution in [2.24, 2.45) is 0 Å². The van der Waals surface area contributed by atoms with Crippen molar-refractivity contribution in [1.29, 1.82) is 0 Å². The van der Waals surface area contributed by atoms with E-state index >= 15 is 0 Å². The Morgan fingerprint density at radius 2 is 2.16 bits per heavy atom. The number of hydrogen-bond donors (Lipinski definition) is 1. The van der Waals surface area contributed by atoms with Crippen molar-refractivity contribution in [2.45, 2.75) is 12.5 Å². The van der Waals surface area contributed by atoms with Gasteiger partial charge < -0.3 is 5.32 Å². The fourth-order valence-corrected chi connectivity index (χ4v) is 2.50. The Hall–Kier alpha value is -0.970. The van der Waals surface area contributed by atoms with Gasteiger partial charge in [0.1, 0.15) is 5.82 Å². The average Bonchev–Trinajstić information content (AvgIpc) is 2.39. The molecule has 0 saturated carbocycles. The maximum absolute atomic E-state index is 13.3. The standard InChI is InChI=1S/C14H13BrClFN2/c1-18-14(10-4-11(15)8-19-7-10)6-9-5-12(17)2-3-13(9)16/h2-5,7-8,14,18H,6H2,1H3. The summed E-state index contributed by atoms with van der Waals surface area (Å²) in [6.45, 7) is 0. The number of aromatic nitrogens is 1. The van der Waals surface area contributed by atoms with Crippen molar-refractivity contribution in [2.75, 3.05) is 7.05 Å². The topological polar surface area (TPSA) is 24.9 Å². The van der Waals surface area contributed by atoms with Gasteiger partial charge in [0.2, 0.25) is 0 Å². The van der Waals surface area contributed by atoms with Crippen LogP contribution in [0.5, 0.6) is 0 Å². The van der Waals surface area contributed by atoms with E-state index in [2.05, 4.69) is 26.2 Å². The summed E-state index contributed by atoms with van der Waals surface area (Å²) in [7, 11) is 1.86. The number of pyridine rings is 1. The van der Waals surface area contributed by atoms with E-state index in [0.29, 0.717) is 11.4 Å². The lowest BCUT2D eigenvalue weighted by molar-refractivity contribution is 0.582. The predicted molar refractivity (Wildman–Crippen MR) is 78.9 cm³/mol. The van der Waals surface area contributed by atoms with Crippen LogP contribution in [0.4, 0.5) is 4.39 Å². The van der Waals surface area contributed by atoms with Crippen LogP contribution >= 0.6 is 27.5 Å². The molecule has 100 valence electrons. The lowest BCUT2D eigenvalue weighted by atomic mass is 10.0. The highest BCUT2D eigenvalue weighted by Crippen LogP contribution is 2.25. The summed E-state index contributed by atoms with van der Waals surface area (Å²) in [5.74, 6) is -0.276. The van der Waals surface area contributed by atoms with Gasteiger partial charge >= 0.3 is 0 Å². The number of likely N-dealkylation sites (N-methyl/N-ethyl adjacent to an activating group) is 1. The molecule has 2 rings (SSSR count). The minimum Gasteiger partial charge on any atom is -0.313 e. The van der Waals surface area contributed by atoms with E-state index in [1.807, 2.05) is 13.1 Å². The fraction of sp³-hybridized carbons (Fsp3) is 0.214. The number of benzene rings is 1. The first kappa shape index (κ1) is 14.4. The quantitative estimate of drug-likeness (QED) is 0.902. The van der Waals surface area contributed by atoms with Crippen molar-refractivity contribution in [3.63, 3.8) is 0 Å². The molecule has 1 aromatic heterocycles. The molecule has 0 saturated heterocycles. The van der Waals surface area contributed by atoms with Gasteiger partial charge in [-0.3, -0.25) is 4.98 Å². The maximum Gasteiger partial charge on any atom is 0.123 e. The first-order chi connectivity index (χ1) is 9.10. The number of nitrogens with zero attached hydrogens (tertiary/aromatic N) is 1. The van der Waals surface area contributed by atoms with E-state index in [1.54, 1.807) is 18.5 Å². The van der Waals surface area contributed by atoms with Crippen LogP contribution in [0, 0.1) is 5.82 Å². The molecule has 1 heterocycles. The molecular weight excluding hydrogens is 331 g/mol. The summed E-state index contributed by atoms with van der Waals surface area (Å²) in [4.78, 5) is 4.14. The van der Waals surface area contributed by atoms with Crippen molar-refractivity contribution in [1.82, 2.24) is 10.3 Å². The Morgan fingerprint density at radius 3 is 2.84 bits per heavy atom. The van der Waals surface area contributed by atoms with E-state index in [1.165, 1.54) is 12.1 Å². The lowest BCUT2D eigenvalue weighted by Crippen LogP contribution is -2.19. The molecule has 2 nitrogen and oxygen atoms in total. The molecule has 0 aliphatic carbocycles. The van der Waals surface area contributed by atoms with Crippen LogP contribution in [-0.4, -0.2) is 12.0 Å². The number of nitrogens with one attached hydrogen (secondary N) is 1. The molecule has 0 spiro atoms. The third-order valence-corrected chi connectivity index (χ3v) is 3.71. The van der Waals surface area contributed by atoms with Crippen molar-refractivity contribution < 1.29 is 4.39 Å². The number of rotatable bonds is 4. The van der Waals surface area contributed by atoms with E-state index in [0.717, 1.165) is 15.6 Å². The second-order valence-corrected chi connectivity index (χ2v) is 5.54. The minimum atomic E-state index is -0.276. The van der Waals surface area contributed by atoms with Crippen LogP contribution in [-0.2, 0) is 6.42 Å². The van der Waals surface area contributed by atoms with Crippen LogP contribution in [0.15, 0.2) is 41.1 Å². The molecule has 1 aromatic carbocycles. The normalized spacial score (nSPS) is 12.4. The SMILES string of the molecule is CNC(Cc1cc(F)ccc1Cl)c1cncc(Br)c1. The molecule has 1 unspecified atom stereocenters. The minimum absolute atomic E-state index is 0.0318. The Balaban J connectivity index is 2.26. The van der Waals surface area contributed by atoms with Crippen molar-refractivity contribution in [3.05, 3.63) is 63.1 Å². The Kier molecular flexibility index (Phi) is 4.91. The maximum atomic E-state index is 13.3. The van der Waals surface area contributed by atoms with Crippen molar-refractivity contribution in [3.8, 4) is 0 Å². The second kappa shape index (κ2) is 6.46. The van der Waals surface area contributed by atoms with Gasteiger partial charge in [0, 0.05) is 27.9 Å². The Bertz CT molecular complexity index is 577. The smallest absolute Gasteiger partial charge is 0.123 e. The molecule has 5 heteroatoms. The molecule has 0 bridgehead atoms. The van der Waals surface area contributed by atoms with Gasteiger partial charge in [0.25, 0.3) is 0 Å². The van der Waals surface area contributed by atoms with Crippen LogP contribution in [0.2, 0.25) is 5.02 Å². The van der Waals surface area contributed by atoms with Gasteiger partial charge in [0.15, 0.2) is 0 Å². The largest absolute Gasteiger partial charge is 0.313 e. The fourth-order valence-electron chi connectivity index (χ4n) is 1.93. The third kappa shape index (κ3) is 3.75. The molecule has 0 fully saturated rings. The average molecular weight is 344 g/mol. The highest BCUT2D eigenvalue weighted by molar-refractivity contribution is 9.10. The number of hydrogen-bond acceptors (Lipinski definition) is 2. The Morgan fingerprint density at radius 1 is 1.37 bits per heavy atom. The van der Waals surface area contributed by atoms with E-state index < -0.39 is 0 Å². The van der Waals surface area contributed by atoms with Gasteiger partial charge in [-0.1, -0.05) is 11.6 Å². The van der Waals surface area contributed by atoms with Crippen LogP contribution in [0.1, 0.15) is 17.2 Å². The predicted octanol–water partition coefficient (Wildman–Crippen LogP) is 4.14. The first-order valence-electron chi connectivity index (χ1n) is 5.82. The van der Waals surface area contributed by atoms with E-state index in [4.69, 9.17) is 11.6 Å². The van der Waals surface area contributed by atoms with Gasteiger partial charge in [-0.05, 0) is 64.8 Å².